The molecule has 0 heterocycles. The summed E-state index contributed by atoms with van der Waals surface area (Å²) < 4.78 is 4.86. The average Bonchev–Trinajstić information content (AvgIpc) is 2.36. The maximum Gasteiger partial charge on any atom is 0.331 e. The summed E-state index contributed by atoms with van der Waals surface area (Å²) in [5, 5.41) is 2.77. The highest BCUT2D eigenvalue weighted by atomic mass is 16.5. The Labute approximate surface area is 106 Å². The van der Waals surface area contributed by atoms with Crippen molar-refractivity contribution >= 4 is 11.9 Å². The van der Waals surface area contributed by atoms with Crippen LogP contribution in [-0.2, 0) is 27.2 Å². The fourth-order valence-corrected chi connectivity index (χ4v) is 2.60. The lowest BCUT2D eigenvalue weighted by Crippen LogP contribution is -2.57. The Hall–Kier alpha value is -1.84. The molecule has 0 fully saturated rings. The number of rotatable bonds is 2. The number of esters is 1. The van der Waals surface area contributed by atoms with E-state index in [0.29, 0.717) is 12.8 Å². The third-order valence-corrected chi connectivity index (χ3v) is 3.42. The Balaban J connectivity index is 2.34. The zero-order valence-corrected chi connectivity index (χ0v) is 10.7. The SMILES string of the molecule is COC(=O)C1(NC(C)=O)CCc2ccccc2C1. The summed E-state index contributed by atoms with van der Waals surface area (Å²) in [7, 11) is 1.35. The molecule has 2 rings (SSSR count). The summed E-state index contributed by atoms with van der Waals surface area (Å²) in [5.74, 6) is -0.577. The van der Waals surface area contributed by atoms with E-state index in [1.54, 1.807) is 0 Å². The molecule has 1 N–H and O–H groups in total. The molecule has 1 aromatic rings. The predicted octanol–water partition coefficient (Wildman–Crippen LogP) is 1.22. The number of carbonyl (C=O) groups excluding carboxylic acids is 2. The lowest BCUT2D eigenvalue weighted by molar-refractivity contribution is -0.151. The van der Waals surface area contributed by atoms with Gasteiger partial charge in [0.05, 0.1) is 7.11 Å². The molecule has 1 atom stereocenters. The number of amides is 1. The molecule has 0 bridgehead atoms. The molecule has 1 aliphatic carbocycles. The van der Waals surface area contributed by atoms with E-state index in [-0.39, 0.29) is 11.9 Å². The summed E-state index contributed by atoms with van der Waals surface area (Å²) in [6.45, 7) is 1.42. The van der Waals surface area contributed by atoms with Crippen molar-refractivity contribution in [1.82, 2.24) is 5.32 Å². The van der Waals surface area contributed by atoms with Crippen molar-refractivity contribution in [3.8, 4) is 0 Å². The van der Waals surface area contributed by atoms with Gasteiger partial charge >= 0.3 is 5.97 Å². The first-order chi connectivity index (χ1) is 8.57. The highest BCUT2D eigenvalue weighted by Crippen LogP contribution is 2.29. The van der Waals surface area contributed by atoms with Gasteiger partial charge in [-0.15, -0.1) is 0 Å². The summed E-state index contributed by atoms with van der Waals surface area (Å²) >= 11 is 0. The van der Waals surface area contributed by atoms with E-state index in [2.05, 4.69) is 11.4 Å². The first-order valence-corrected chi connectivity index (χ1v) is 6.01. The van der Waals surface area contributed by atoms with Crippen LogP contribution >= 0.6 is 0 Å². The van der Waals surface area contributed by atoms with Crippen molar-refractivity contribution in [3.63, 3.8) is 0 Å². The zero-order chi connectivity index (χ0) is 13.2. The summed E-state index contributed by atoms with van der Waals surface area (Å²) in [5.41, 5.74) is 1.43. The third kappa shape index (κ3) is 2.23. The van der Waals surface area contributed by atoms with Gasteiger partial charge in [0.2, 0.25) is 5.91 Å². The summed E-state index contributed by atoms with van der Waals surface area (Å²) in [4.78, 5) is 23.3. The standard InChI is InChI=1S/C14H17NO3/c1-10(16)15-14(13(17)18-2)8-7-11-5-3-4-6-12(11)9-14/h3-6H,7-9H2,1-2H3,(H,15,16). The smallest absolute Gasteiger partial charge is 0.331 e. The van der Waals surface area contributed by atoms with Crippen molar-refractivity contribution < 1.29 is 14.3 Å². The molecule has 1 unspecified atom stereocenters. The molecular formula is C14H17NO3. The topological polar surface area (TPSA) is 55.4 Å². The second-order valence-corrected chi connectivity index (χ2v) is 4.70. The largest absolute Gasteiger partial charge is 0.467 e. The first kappa shape index (κ1) is 12.6. The Bertz CT molecular complexity index is 484. The third-order valence-electron chi connectivity index (χ3n) is 3.42. The van der Waals surface area contributed by atoms with Gasteiger partial charge in [0.1, 0.15) is 5.54 Å². The molecule has 0 saturated heterocycles. The highest BCUT2D eigenvalue weighted by molar-refractivity contribution is 5.87. The molecule has 96 valence electrons. The Kier molecular flexibility index (Phi) is 3.36. The maximum absolute atomic E-state index is 12.0. The number of ether oxygens (including phenoxy) is 1. The van der Waals surface area contributed by atoms with Crippen molar-refractivity contribution in [1.29, 1.82) is 0 Å². The molecule has 0 saturated carbocycles. The minimum atomic E-state index is -0.908. The second kappa shape index (κ2) is 4.80. The fourth-order valence-electron chi connectivity index (χ4n) is 2.60. The van der Waals surface area contributed by atoms with Crippen LogP contribution in [0.2, 0.25) is 0 Å². The van der Waals surface area contributed by atoms with Gasteiger partial charge in [0, 0.05) is 13.3 Å². The van der Waals surface area contributed by atoms with Gasteiger partial charge in [-0.05, 0) is 24.0 Å². The Morgan fingerprint density at radius 3 is 2.56 bits per heavy atom. The Morgan fingerprint density at radius 1 is 1.28 bits per heavy atom. The van der Waals surface area contributed by atoms with Crippen LogP contribution < -0.4 is 5.32 Å². The van der Waals surface area contributed by atoms with Crippen LogP contribution in [0.1, 0.15) is 24.5 Å². The van der Waals surface area contributed by atoms with Crippen LogP contribution in [0.5, 0.6) is 0 Å². The van der Waals surface area contributed by atoms with E-state index >= 15 is 0 Å². The van der Waals surface area contributed by atoms with E-state index in [9.17, 15) is 9.59 Å². The molecule has 0 spiro atoms. The van der Waals surface area contributed by atoms with E-state index in [4.69, 9.17) is 4.74 Å². The molecule has 1 aliphatic rings. The second-order valence-electron chi connectivity index (χ2n) is 4.70. The van der Waals surface area contributed by atoms with E-state index in [1.165, 1.54) is 19.6 Å². The fraction of sp³-hybridized carbons (Fsp3) is 0.429. The number of benzene rings is 1. The average molecular weight is 247 g/mol. The summed E-state index contributed by atoms with van der Waals surface area (Å²) in [6, 6.07) is 7.99. The highest BCUT2D eigenvalue weighted by Gasteiger charge is 2.43. The predicted molar refractivity (Wildman–Crippen MR) is 67.0 cm³/mol. The monoisotopic (exact) mass is 247 g/mol. The lowest BCUT2D eigenvalue weighted by atomic mass is 9.78. The maximum atomic E-state index is 12.0. The van der Waals surface area contributed by atoms with Crippen LogP contribution in [0.4, 0.5) is 0 Å². The van der Waals surface area contributed by atoms with Crippen LogP contribution in [0.3, 0.4) is 0 Å². The molecule has 0 aliphatic heterocycles. The normalized spacial score (nSPS) is 21.9. The lowest BCUT2D eigenvalue weighted by Gasteiger charge is -2.36. The van der Waals surface area contributed by atoms with E-state index in [1.807, 2.05) is 18.2 Å². The van der Waals surface area contributed by atoms with Gasteiger partial charge in [-0.25, -0.2) is 4.79 Å². The molecule has 0 aromatic heterocycles. The van der Waals surface area contributed by atoms with Gasteiger partial charge in [0.15, 0.2) is 0 Å². The van der Waals surface area contributed by atoms with Gasteiger partial charge in [0.25, 0.3) is 0 Å². The van der Waals surface area contributed by atoms with Crippen LogP contribution in [0.15, 0.2) is 24.3 Å². The van der Waals surface area contributed by atoms with Crippen LogP contribution in [0, 0.1) is 0 Å². The number of aryl methyl sites for hydroxylation is 1. The number of fused-ring (bicyclic) bond motifs is 1. The van der Waals surface area contributed by atoms with Crippen molar-refractivity contribution in [2.75, 3.05) is 7.11 Å². The molecule has 0 radical (unpaired) electrons. The minimum absolute atomic E-state index is 0.209. The number of hydrogen-bond donors (Lipinski definition) is 1. The van der Waals surface area contributed by atoms with E-state index in [0.717, 1.165) is 12.0 Å². The molecule has 4 heteroatoms. The van der Waals surface area contributed by atoms with Crippen molar-refractivity contribution in [2.24, 2.45) is 0 Å². The van der Waals surface area contributed by atoms with Gasteiger partial charge in [-0.3, -0.25) is 4.79 Å². The van der Waals surface area contributed by atoms with Crippen molar-refractivity contribution in [2.45, 2.75) is 31.7 Å². The van der Waals surface area contributed by atoms with Gasteiger partial charge in [-0.2, -0.15) is 0 Å². The van der Waals surface area contributed by atoms with E-state index < -0.39 is 5.54 Å². The number of nitrogens with one attached hydrogen (secondary N) is 1. The molecule has 1 amide bonds. The van der Waals surface area contributed by atoms with Gasteiger partial charge in [-0.1, -0.05) is 24.3 Å². The summed E-state index contributed by atoms with van der Waals surface area (Å²) in [6.07, 6.45) is 1.84. The Morgan fingerprint density at radius 2 is 1.94 bits per heavy atom. The van der Waals surface area contributed by atoms with Gasteiger partial charge < -0.3 is 10.1 Å². The molecule has 1 aromatic carbocycles. The number of hydrogen-bond acceptors (Lipinski definition) is 3. The molecular weight excluding hydrogens is 230 g/mol. The molecule has 4 nitrogen and oxygen atoms in total. The quantitative estimate of drug-likeness (QED) is 0.799. The van der Waals surface area contributed by atoms with Crippen molar-refractivity contribution in [3.05, 3.63) is 35.4 Å². The zero-order valence-electron chi connectivity index (χ0n) is 10.7. The minimum Gasteiger partial charge on any atom is -0.467 e. The number of carbonyl (C=O) groups is 2. The van der Waals surface area contributed by atoms with Crippen LogP contribution in [-0.4, -0.2) is 24.5 Å². The first-order valence-electron chi connectivity index (χ1n) is 6.01. The van der Waals surface area contributed by atoms with Crippen LogP contribution in [0.25, 0.3) is 0 Å². The molecule has 18 heavy (non-hydrogen) atoms. The number of methoxy groups -OCH3 is 1.